The van der Waals surface area contributed by atoms with Crippen molar-refractivity contribution in [3.8, 4) is 5.75 Å². The molecule has 8 heteroatoms. The van der Waals surface area contributed by atoms with Crippen LogP contribution in [0.15, 0.2) is 29.0 Å². The number of benzene rings is 1. The highest BCUT2D eigenvalue weighted by molar-refractivity contribution is 9.10. The van der Waals surface area contributed by atoms with Gasteiger partial charge in [-0.1, -0.05) is 11.6 Å². The number of anilines is 1. The lowest BCUT2D eigenvalue weighted by atomic mass is 10.0. The molecule has 1 aliphatic rings. The lowest BCUT2D eigenvalue weighted by Crippen LogP contribution is -2.09. The molecule has 120 valence electrons. The fourth-order valence-electron chi connectivity index (χ4n) is 2.58. The van der Waals surface area contributed by atoms with E-state index in [2.05, 4.69) is 36.1 Å². The average Bonchev–Trinajstić information content (AvgIpc) is 3.23. The van der Waals surface area contributed by atoms with Gasteiger partial charge in [-0.3, -0.25) is 4.40 Å². The largest absolute Gasteiger partial charge is 0.493 e. The Morgan fingerprint density at radius 2 is 2.42 bits per heavy atom. The molecular weight excluding hydrogens is 377 g/mol. The molecule has 0 amide bonds. The van der Waals surface area contributed by atoms with Gasteiger partial charge in [-0.25, -0.2) is 9.37 Å². The van der Waals surface area contributed by atoms with Gasteiger partial charge >= 0.3 is 0 Å². The van der Waals surface area contributed by atoms with Crippen molar-refractivity contribution in [3.05, 3.63) is 57.4 Å². The van der Waals surface area contributed by atoms with E-state index in [-0.39, 0.29) is 17.3 Å². The van der Waals surface area contributed by atoms with Gasteiger partial charge in [0.2, 0.25) is 11.6 Å². The van der Waals surface area contributed by atoms with Gasteiger partial charge in [0.1, 0.15) is 16.0 Å². The van der Waals surface area contributed by atoms with Gasteiger partial charge in [-0.05, 0) is 28.1 Å². The van der Waals surface area contributed by atoms with Crippen molar-refractivity contribution in [2.24, 2.45) is 0 Å². The van der Waals surface area contributed by atoms with Gasteiger partial charge < -0.3 is 14.9 Å². The molecule has 1 aliphatic heterocycles. The SMILES string of the molecule is [2H]C([2H])(Nc1ncc(Br)c2nc([N+]#[C-])cn12)c1c(F)ccc2c1CCO2. The van der Waals surface area contributed by atoms with Crippen LogP contribution in [0.3, 0.4) is 0 Å². The fourth-order valence-corrected chi connectivity index (χ4v) is 2.96. The Hall–Kier alpha value is -2.66. The Kier molecular flexibility index (Phi) is 3.05. The molecule has 1 aromatic carbocycles. The molecular formula is C16H11BrFN5O. The summed E-state index contributed by atoms with van der Waals surface area (Å²) in [4.78, 5) is 11.6. The Balaban J connectivity index is 1.82. The lowest BCUT2D eigenvalue weighted by molar-refractivity contribution is 0.356. The van der Waals surface area contributed by atoms with Crippen LogP contribution in [0.2, 0.25) is 0 Å². The lowest BCUT2D eigenvalue weighted by Gasteiger charge is -2.11. The number of halogens is 2. The number of ether oxygens (including phenoxy) is 1. The summed E-state index contributed by atoms with van der Waals surface area (Å²) >= 11 is 3.30. The first-order valence-electron chi connectivity index (χ1n) is 8.04. The van der Waals surface area contributed by atoms with Crippen LogP contribution >= 0.6 is 15.9 Å². The number of aromatic nitrogens is 3. The molecule has 0 unspecified atom stereocenters. The first-order valence-corrected chi connectivity index (χ1v) is 7.84. The highest BCUT2D eigenvalue weighted by Gasteiger charge is 2.20. The van der Waals surface area contributed by atoms with Crippen molar-refractivity contribution in [2.45, 2.75) is 12.9 Å². The molecule has 2 aromatic heterocycles. The van der Waals surface area contributed by atoms with Crippen molar-refractivity contribution in [1.29, 1.82) is 0 Å². The third-order valence-corrected chi connectivity index (χ3v) is 4.24. The van der Waals surface area contributed by atoms with E-state index in [1.54, 1.807) is 0 Å². The first kappa shape index (κ1) is 12.7. The van der Waals surface area contributed by atoms with Crippen molar-refractivity contribution >= 4 is 33.3 Å². The zero-order valence-electron chi connectivity index (χ0n) is 14.2. The molecule has 0 fully saturated rings. The van der Waals surface area contributed by atoms with Crippen LogP contribution in [-0.4, -0.2) is 21.0 Å². The highest BCUT2D eigenvalue weighted by atomic mass is 79.9. The van der Waals surface area contributed by atoms with Crippen LogP contribution in [0.4, 0.5) is 16.2 Å². The standard InChI is InChI=1S/C16H11BrFN5O/c1-19-14-8-23-15(22-14)11(17)7-21-16(23)20-6-10-9-4-5-24-13(9)3-2-12(10)18/h2-3,7-8H,4-6H2,(H,20,21)/i6D2. The number of imidazole rings is 1. The Morgan fingerprint density at radius 3 is 3.25 bits per heavy atom. The summed E-state index contributed by atoms with van der Waals surface area (Å²) in [7, 11) is 0. The second-order valence-electron chi connectivity index (χ2n) is 5.08. The summed E-state index contributed by atoms with van der Waals surface area (Å²) in [5, 5.41) is 2.64. The summed E-state index contributed by atoms with van der Waals surface area (Å²) in [6.45, 7) is 5.24. The minimum absolute atomic E-state index is 0.101. The Morgan fingerprint density at radius 1 is 1.54 bits per heavy atom. The molecule has 0 radical (unpaired) electrons. The van der Waals surface area contributed by atoms with Gasteiger partial charge in [0.15, 0.2) is 0 Å². The second-order valence-corrected chi connectivity index (χ2v) is 5.94. The number of fused-ring (bicyclic) bond motifs is 2. The monoisotopic (exact) mass is 389 g/mol. The summed E-state index contributed by atoms with van der Waals surface area (Å²) in [5.74, 6) is 0.0699. The summed E-state index contributed by atoms with van der Waals surface area (Å²) < 4.78 is 38.7. The van der Waals surface area contributed by atoms with Gasteiger partial charge in [0.05, 0.1) is 15.5 Å². The second kappa shape index (κ2) is 5.76. The average molecular weight is 390 g/mol. The molecule has 0 saturated carbocycles. The highest BCUT2D eigenvalue weighted by Crippen LogP contribution is 2.31. The molecule has 0 atom stereocenters. The predicted octanol–water partition coefficient (Wildman–Crippen LogP) is 3.73. The molecule has 4 rings (SSSR count). The smallest absolute Gasteiger partial charge is 0.288 e. The topological polar surface area (TPSA) is 55.8 Å². The third-order valence-electron chi connectivity index (χ3n) is 3.68. The molecule has 3 heterocycles. The van der Waals surface area contributed by atoms with E-state index in [1.807, 2.05) is 0 Å². The number of hydrogen-bond donors (Lipinski definition) is 1. The molecule has 0 bridgehead atoms. The maximum Gasteiger partial charge on any atom is 0.288 e. The number of nitrogens with one attached hydrogen (secondary N) is 1. The van der Waals surface area contributed by atoms with E-state index in [0.717, 1.165) is 0 Å². The molecule has 1 N–H and O–H groups in total. The number of rotatable bonds is 3. The van der Waals surface area contributed by atoms with Gasteiger partial charge in [0, 0.05) is 30.2 Å². The quantitative estimate of drug-likeness (QED) is 0.693. The third kappa shape index (κ3) is 2.37. The van der Waals surface area contributed by atoms with E-state index in [1.165, 1.54) is 28.9 Å². The summed E-state index contributed by atoms with van der Waals surface area (Å²) in [6.07, 6.45) is 3.32. The van der Waals surface area contributed by atoms with Crippen molar-refractivity contribution < 1.29 is 11.9 Å². The van der Waals surface area contributed by atoms with E-state index in [0.29, 0.717) is 34.5 Å². The van der Waals surface area contributed by atoms with Gasteiger partial charge in [-0.15, -0.1) is 0 Å². The van der Waals surface area contributed by atoms with Crippen molar-refractivity contribution in [1.82, 2.24) is 14.4 Å². The molecule has 0 saturated heterocycles. The van der Waals surface area contributed by atoms with Crippen LogP contribution < -0.4 is 10.1 Å². The molecule has 0 aliphatic carbocycles. The fraction of sp³-hybridized carbons (Fsp3) is 0.188. The predicted molar refractivity (Wildman–Crippen MR) is 89.9 cm³/mol. The number of nitrogens with zero attached hydrogens (tertiary/aromatic N) is 4. The molecule has 6 nitrogen and oxygen atoms in total. The van der Waals surface area contributed by atoms with Crippen LogP contribution in [0, 0.1) is 12.4 Å². The van der Waals surface area contributed by atoms with E-state index >= 15 is 0 Å². The first-order chi connectivity index (χ1) is 12.4. The maximum atomic E-state index is 14.5. The van der Waals surface area contributed by atoms with Crippen LogP contribution in [0.25, 0.3) is 10.5 Å². The van der Waals surface area contributed by atoms with Gasteiger partial charge in [-0.2, -0.15) is 0 Å². The van der Waals surface area contributed by atoms with Crippen LogP contribution in [-0.2, 0) is 12.9 Å². The summed E-state index contributed by atoms with van der Waals surface area (Å²) in [5.41, 5.74) is 0.811. The van der Waals surface area contributed by atoms with Crippen molar-refractivity contribution in [2.75, 3.05) is 11.9 Å². The Bertz CT molecular complexity index is 1080. The van der Waals surface area contributed by atoms with Crippen LogP contribution in [0.1, 0.15) is 13.9 Å². The maximum absolute atomic E-state index is 14.5. The van der Waals surface area contributed by atoms with E-state index < -0.39 is 12.3 Å². The minimum atomic E-state index is -2.25. The molecule has 24 heavy (non-hydrogen) atoms. The zero-order chi connectivity index (χ0) is 18.5. The van der Waals surface area contributed by atoms with E-state index in [9.17, 15) is 4.39 Å². The normalized spacial score (nSPS) is 14.5. The molecule has 0 spiro atoms. The Labute approximate surface area is 148 Å². The number of hydrogen-bond acceptors (Lipinski definition) is 4. The van der Waals surface area contributed by atoms with Crippen molar-refractivity contribution in [3.63, 3.8) is 0 Å². The van der Waals surface area contributed by atoms with E-state index in [4.69, 9.17) is 14.1 Å². The zero-order valence-corrected chi connectivity index (χ0v) is 13.8. The minimum Gasteiger partial charge on any atom is -0.493 e. The summed E-state index contributed by atoms with van der Waals surface area (Å²) in [6, 6.07) is 2.70. The van der Waals surface area contributed by atoms with Gasteiger partial charge in [0.25, 0.3) is 5.82 Å². The molecule has 3 aromatic rings. The van der Waals surface area contributed by atoms with Crippen LogP contribution in [0.5, 0.6) is 5.75 Å².